The van der Waals surface area contributed by atoms with Gasteiger partial charge in [-0.25, -0.2) is 4.98 Å². The number of fused-ring (bicyclic) bond motifs is 2. The number of para-hydroxylation sites is 1. The highest BCUT2D eigenvalue weighted by Gasteiger charge is 2.17. The zero-order valence-corrected chi connectivity index (χ0v) is 16.8. The zero-order chi connectivity index (χ0) is 19.6. The van der Waals surface area contributed by atoms with Gasteiger partial charge in [0.15, 0.2) is 0 Å². The van der Waals surface area contributed by atoms with E-state index in [0.29, 0.717) is 6.61 Å². The molecule has 1 aromatic heterocycles. The van der Waals surface area contributed by atoms with Crippen LogP contribution in [0.25, 0.3) is 21.7 Å². The fourth-order valence-corrected chi connectivity index (χ4v) is 4.21. The molecule has 1 aliphatic heterocycles. The van der Waals surface area contributed by atoms with E-state index in [0.717, 1.165) is 41.5 Å². The van der Waals surface area contributed by atoms with Gasteiger partial charge in [-0.3, -0.25) is 0 Å². The van der Waals surface area contributed by atoms with Gasteiger partial charge in [0.2, 0.25) is 0 Å². The lowest BCUT2D eigenvalue weighted by Crippen LogP contribution is -2.33. The smallest absolute Gasteiger partial charge is 0.146 e. The van der Waals surface area contributed by atoms with E-state index in [4.69, 9.17) is 9.72 Å². The van der Waals surface area contributed by atoms with Gasteiger partial charge < -0.3 is 9.64 Å². The summed E-state index contributed by atoms with van der Waals surface area (Å²) in [6, 6.07) is 25.3. The molecule has 0 spiro atoms. The average molecular weight is 383 g/mol. The van der Waals surface area contributed by atoms with Crippen molar-refractivity contribution in [2.75, 3.05) is 18.0 Å². The number of ether oxygens (including phenoxy) is 1. The maximum absolute atomic E-state index is 6.29. The number of anilines is 1. The average Bonchev–Trinajstić information content (AvgIpc) is 2.78. The first kappa shape index (κ1) is 18.0. The van der Waals surface area contributed by atoms with Crippen molar-refractivity contribution in [2.45, 2.75) is 26.4 Å². The molecule has 5 rings (SSSR count). The van der Waals surface area contributed by atoms with Crippen LogP contribution in [0.5, 0.6) is 5.75 Å². The van der Waals surface area contributed by atoms with Gasteiger partial charge in [0.05, 0.1) is 0 Å². The summed E-state index contributed by atoms with van der Waals surface area (Å²) in [5.74, 6) is 2.72. The molecule has 0 radical (unpaired) electrons. The summed E-state index contributed by atoms with van der Waals surface area (Å²) in [6.45, 7) is 5.04. The Morgan fingerprint density at radius 1 is 0.862 bits per heavy atom. The van der Waals surface area contributed by atoms with Crippen LogP contribution >= 0.6 is 0 Å². The number of pyridine rings is 1. The second-order valence-corrected chi connectivity index (χ2v) is 8.09. The Balaban J connectivity index is 1.44. The van der Waals surface area contributed by atoms with Crippen LogP contribution in [0.2, 0.25) is 0 Å². The summed E-state index contributed by atoms with van der Waals surface area (Å²) in [5.41, 5.74) is 2.14. The third-order valence-corrected chi connectivity index (χ3v) is 6.04. The fourth-order valence-electron chi connectivity index (χ4n) is 4.21. The van der Waals surface area contributed by atoms with E-state index in [-0.39, 0.29) is 0 Å². The predicted octanol–water partition coefficient (Wildman–Crippen LogP) is 6.20. The summed E-state index contributed by atoms with van der Waals surface area (Å²) in [4.78, 5) is 7.40. The van der Waals surface area contributed by atoms with Crippen molar-refractivity contribution in [1.82, 2.24) is 4.98 Å². The third kappa shape index (κ3) is 3.65. The SMILES string of the molecule is CC1CCN(c2ccc3cccc(OCc4cccc5ccccc45)c3n2)CC1. The Bertz CT molecular complexity index is 1140. The van der Waals surface area contributed by atoms with E-state index in [9.17, 15) is 0 Å². The Hall–Kier alpha value is -3.07. The highest BCUT2D eigenvalue weighted by atomic mass is 16.5. The molecule has 146 valence electrons. The molecule has 1 fully saturated rings. The molecule has 3 aromatic carbocycles. The number of nitrogens with zero attached hydrogens (tertiary/aromatic N) is 2. The minimum Gasteiger partial charge on any atom is -0.487 e. The Morgan fingerprint density at radius 3 is 2.52 bits per heavy atom. The van der Waals surface area contributed by atoms with Crippen LogP contribution in [0, 0.1) is 5.92 Å². The maximum atomic E-state index is 6.29. The number of benzene rings is 3. The highest BCUT2D eigenvalue weighted by Crippen LogP contribution is 2.29. The van der Waals surface area contributed by atoms with E-state index in [1.54, 1.807) is 0 Å². The second kappa shape index (κ2) is 7.75. The quantitative estimate of drug-likeness (QED) is 0.420. The van der Waals surface area contributed by atoms with E-state index in [1.165, 1.54) is 29.2 Å². The minimum absolute atomic E-state index is 0.535. The highest BCUT2D eigenvalue weighted by molar-refractivity contribution is 5.87. The normalized spacial score (nSPS) is 15.1. The second-order valence-electron chi connectivity index (χ2n) is 8.09. The lowest BCUT2D eigenvalue weighted by Gasteiger charge is -2.31. The predicted molar refractivity (Wildman–Crippen MR) is 121 cm³/mol. The van der Waals surface area contributed by atoms with Crippen molar-refractivity contribution in [3.05, 3.63) is 78.4 Å². The number of hydrogen-bond acceptors (Lipinski definition) is 3. The van der Waals surface area contributed by atoms with Crippen LogP contribution in [-0.4, -0.2) is 18.1 Å². The number of rotatable bonds is 4. The Labute approximate surface area is 171 Å². The van der Waals surface area contributed by atoms with Crippen LogP contribution in [-0.2, 0) is 6.61 Å². The van der Waals surface area contributed by atoms with Crippen LogP contribution in [0.1, 0.15) is 25.3 Å². The molecule has 3 nitrogen and oxygen atoms in total. The molecule has 0 unspecified atom stereocenters. The number of aromatic nitrogens is 1. The molecule has 0 aliphatic carbocycles. The minimum atomic E-state index is 0.535. The van der Waals surface area contributed by atoms with Gasteiger partial charge in [0, 0.05) is 18.5 Å². The fraction of sp³-hybridized carbons (Fsp3) is 0.269. The van der Waals surface area contributed by atoms with Gasteiger partial charge in [-0.2, -0.15) is 0 Å². The number of hydrogen-bond donors (Lipinski definition) is 0. The first-order valence-corrected chi connectivity index (χ1v) is 10.5. The van der Waals surface area contributed by atoms with Gasteiger partial charge in [-0.1, -0.05) is 61.5 Å². The molecule has 0 atom stereocenters. The standard InChI is InChI=1S/C26H26N2O/c1-19-14-16-28(17-15-19)25-13-12-21-8-5-11-24(26(21)27-25)29-18-22-9-4-7-20-6-2-3-10-23(20)22/h2-13,19H,14-18H2,1H3. The molecular formula is C26H26N2O. The van der Waals surface area contributed by atoms with Crippen molar-refractivity contribution in [3.8, 4) is 5.75 Å². The van der Waals surface area contributed by atoms with Crippen LogP contribution in [0.4, 0.5) is 5.82 Å². The van der Waals surface area contributed by atoms with Crippen molar-refractivity contribution < 1.29 is 4.74 Å². The monoisotopic (exact) mass is 382 g/mol. The Kier molecular flexibility index (Phi) is 4.81. The van der Waals surface area contributed by atoms with Gasteiger partial charge >= 0.3 is 0 Å². The summed E-state index contributed by atoms with van der Waals surface area (Å²) in [6.07, 6.45) is 2.47. The van der Waals surface area contributed by atoms with E-state index < -0.39 is 0 Å². The molecule has 0 N–H and O–H groups in total. The molecule has 1 saturated heterocycles. The summed E-state index contributed by atoms with van der Waals surface area (Å²) >= 11 is 0. The Morgan fingerprint density at radius 2 is 1.62 bits per heavy atom. The first-order valence-electron chi connectivity index (χ1n) is 10.5. The zero-order valence-electron chi connectivity index (χ0n) is 16.8. The molecule has 3 heteroatoms. The molecule has 4 aromatic rings. The van der Waals surface area contributed by atoms with Crippen molar-refractivity contribution in [3.63, 3.8) is 0 Å². The van der Waals surface area contributed by atoms with Crippen LogP contribution in [0.15, 0.2) is 72.8 Å². The summed E-state index contributed by atoms with van der Waals surface area (Å²) < 4.78 is 6.29. The molecule has 0 amide bonds. The molecule has 0 saturated carbocycles. The first-order chi connectivity index (χ1) is 14.3. The number of piperidine rings is 1. The van der Waals surface area contributed by atoms with E-state index in [2.05, 4.69) is 72.5 Å². The summed E-state index contributed by atoms with van der Waals surface area (Å²) in [5, 5.41) is 3.60. The topological polar surface area (TPSA) is 25.4 Å². The molecule has 0 bridgehead atoms. The van der Waals surface area contributed by atoms with Crippen LogP contribution < -0.4 is 9.64 Å². The van der Waals surface area contributed by atoms with E-state index in [1.807, 2.05) is 12.1 Å². The largest absolute Gasteiger partial charge is 0.487 e. The molecule has 2 heterocycles. The van der Waals surface area contributed by atoms with Crippen molar-refractivity contribution in [2.24, 2.45) is 5.92 Å². The van der Waals surface area contributed by atoms with E-state index >= 15 is 0 Å². The van der Waals surface area contributed by atoms with Crippen LogP contribution in [0.3, 0.4) is 0 Å². The lowest BCUT2D eigenvalue weighted by molar-refractivity contribution is 0.311. The summed E-state index contributed by atoms with van der Waals surface area (Å²) in [7, 11) is 0. The third-order valence-electron chi connectivity index (χ3n) is 6.04. The van der Waals surface area contributed by atoms with Gasteiger partial charge in [-0.15, -0.1) is 0 Å². The van der Waals surface area contributed by atoms with Gasteiger partial charge in [-0.05, 0) is 53.3 Å². The molecule has 29 heavy (non-hydrogen) atoms. The maximum Gasteiger partial charge on any atom is 0.146 e. The van der Waals surface area contributed by atoms with Crippen molar-refractivity contribution in [1.29, 1.82) is 0 Å². The van der Waals surface area contributed by atoms with Gasteiger partial charge in [0.1, 0.15) is 23.7 Å². The van der Waals surface area contributed by atoms with Crippen molar-refractivity contribution >= 4 is 27.5 Å². The molecular weight excluding hydrogens is 356 g/mol. The van der Waals surface area contributed by atoms with Gasteiger partial charge in [0.25, 0.3) is 0 Å². The lowest BCUT2D eigenvalue weighted by atomic mass is 9.99. The molecule has 1 aliphatic rings.